The van der Waals surface area contributed by atoms with Crippen molar-refractivity contribution in [2.24, 2.45) is 5.92 Å². The van der Waals surface area contributed by atoms with Crippen LogP contribution in [0.15, 0.2) is 57.6 Å². The molecule has 3 heterocycles. The fourth-order valence-corrected chi connectivity index (χ4v) is 4.32. The van der Waals surface area contributed by atoms with Crippen LogP contribution in [-0.4, -0.2) is 52.2 Å². The van der Waals surface area contributed by atoms with Gasteiger partial charge in [-0.2, -0.15) is 18.2 Å². The predicted octanol–water partition coefficient (Wildman–Crippen LogP) is 4.66. The van der Waals surface area contributed by atoms with Gasteiger partial charge in [-0.15, -0.1) is 0 Å². The van der Waals surface area contributed by atoms with Crippen LogP contribution in [0.3, 0.4) is 0 Å². The summed E-state index contributed by atoms with van der Waals surface area (Å²) >= 11 is 0. The van der Waals surface area contributed by atoms with E-state index in [9.17, 15) is 23.1 Å². The largest absolute Gasteiger partial charge is 0.491 e. The Morgan fingerprint density at radius 1 is 1.15 bits per heavy atom. The molecule has 0 amide bonds. The number of esters is 1. The van der Waals surface area contributed by atoms with Gasteiger partial charge in [0.05, 0.1) is 18.6 Å². The van der Waals surface area contributed by atoms with Gasteiger partial charge in [-0.1, -0.05) is 59.7 Å². The first-order valence-electron chi connectivity index (χ1n) is 12.5. The van der Waals surface area contributed by atoms with Gasteiger partial charge in [-0.25, -0.2) is 0 Å². The maximum atomic E-state index is 14.0. The lowest BCUT2D eigenvalue weighted by molar-refractivity contribution is -0.147. The molecule has 1 aliphatic rings. The van der Waals surface area contributed by atoms with Crippen LogP contribution in [0.25, 0.3) is 34.3 Å². The van der Waals surface area contributed by atoms with Crippen molar-refractivity contribution < 1.29 is 41.6 Å². The predicted molar refractivity (Wildman–Crippen MR) is 134 cm³/mol. The van der Waals surface area contributed by atoms with Gasteiger partial charge in [-0.3, -0.25) is 4.79 Å². The molecule has 2 aromatic heterocycles. The number of fused-ring (bicyclic) bond motifs is 1. The van der Waals surface area contributed by atoms with E-state index in [0.717, 1.165) is 0 Å². The summed E-state index contributed by atoms with van der Waals surface area (Å²) in [6, 6.07) is 12.1. The number of nitrogens with zero attached hydrogens (tertiary/aromatic N) is 3. The van der Waals surface area contributed by atoms with Gasteiger partial charge in [0, 0.05) is 23.2 Å². The number of halogens is 3. The van der Waals surface area contributed by atoms with Crippen LogP contribution in [0.1, 0.15) is 31.1 Å². The highest BCUT2D eigenvalue weighted by Gasteiger charge is 2.43. The molecule has 3 unspecified atom stereocenters. The molecule has 2 N–H and O–H groups in total. The summed E-state index contributed by atoms with van der Waals surface area (Å²) < 4.78 is 63.0. The summed E-state index contributed by atoms with van der Waals surface area (Å²) in [5.41, 5.74) is -0.416. The molecule has 13 heteroatoms. The molecular weight excluding hydrogens is 533 g/mol. The second-order valence-electron chi connectivity index (χ2n) is 9.20. The lowest BCUT2D eigenvalue weighted by atomic mass is 9.97. The maximum Gasteiger partial charge on any atom is 0.422 e. The number of nitrogens with one attached hydrogen (secondary N) is 1. The number of ether oxygens (including phenoxy) is 2. The smallest absolute Gasteiger partial charge is 0.422 e. The molecule has 0 bridgehead atoms. The number of aromatic nitrogens is 3. The number of benzene rings is 2. The molecule has 3 atom stereocenters. The van der Waals surface area contributed by atoms with Crippen LogP contribution in [-0.2, 0) is 15.7 Å². The average molecular weight is 559 g/mol. The summed E-state index contributed by atoms with van der Waals surface area (Å²) in [6.07, 6.45) is -5.74. The first kappa shape index (κ1) is 27.3. The number of aliphatic hydroxyl groups excluding tert-OH is 1. The summed E-state index contributed by atoms with van der Waals surface area (Å²) in [5.74, 6) is -1.58. The number of hydrogen-bond acceptors (Lipinski definition) is 10. The second kappa shape index (κ2) is 11.1. The van der Waals surface area contributed by atoms with E-state index in [-0.39, 0.29) is 42.8 Å². The molecule has 1 aliphatic heterocycles. The van der Waals surface area contributed by atoms with Gasteiger partial charge in [-0.05, 0) is 13.0 Å². The topological polar surface area (TPSA) is 133 Å². The van der Waals surface area contributed by atoms with Gasteiger partial charge in [0.2, 0.25) is 11.6 Å². The zero-order valence-corrected chi connectivity index (χ0v) is 21.4. The molecule has 0 spiro atoms. The maximum absolute atomic E-state index is 14.0. The Hall–Kier alpha value is -4.23. The summed E-state index contributed by atoms with van der Waals surface area (Å²) in [6.45, 7) is 4.13. The highest BCUT2D eigenvalue weighted by molar-refractivity contribution is 5.72. The van der Waals surface area contributed by atoms with Crippen molar-refractivity contribution in [2.75, 3.05) is 19.8 Å². The number of carbonyl (C=O) groups is 1. The van der Waals surface area contributed by atoms with E-state index in [1.165, 1.54) is 12.1 Å². The van der Waals surface area contributed by atoms with E-state index < -0.39 is 41.5 Å². The van der Waals surface area contributed by atoms with E-state index in [1.54, 1.807) is 50.2 Å². The van der Waals surface area contributed by atoms with Crippen molar-refractivity contribution in [3.8, 4) is 40.0 Å². The number of hydrogen-bond donors (Lipinski definition) is 2. The summed E-state index contributed by atoms with van der Waals surface area (Å²) in [4.78, 5) is 16.0. The Balaban J connectivity index is 1.36. The zero-order chi connectivity index (χ0) is 28.4. The highest BCUT2D eigenvalue weighted by atomic mass is 19.4. The Kier molecular flexibility index (Phi) is 7.59. The van der Waals surface area contributed by atoms with Crippen molar-refractivity contribution in [3.05, 3.63) is 59.7 Å². The Bertz CT molecular complexity index is 1490. The molecule has 4 aromatic rings. The van der Waals surface area contributed by atoms with Crippen LogP contribution >= 0.6 is 0 Å². The third-order valence-electron chi connectivity index (χ3n) is 6.41. The standard InChI is InChI=1S/C27H25F3N4O6/c1-3-37-26(36)14(2)12-31-18-13-38-19-11-16(9-10-17(19)22(18)35)24-32-25(40-34-24)23-20(27(28,29)30)21(33-39-23)15-7-5-4-6-8-15/h4-11,14,18,22,31,35H,3,12-13H2,1-2H3. The van der Waals surface area contributed by atoms with Crippen LogP contribution < -0.4 is 10.1 Å². The molecule has 0 radical (unpaired) electrons. The minimum Gasteiger partial charge on any atom is -0.491 e. The van der Waals surface area contributed by atoms with Crippen LogP contribution in [0.4, 0.5) is 13.2 Å². The van der Waals surface area contributed by atoms with Gasteiger partial charge < -0.3 is 28.9 Å². The Morgan fingerprint density at radius 3 is 2.65 bits per heavy atom. The highest BCUT2D eigenvalue weighted by Crippen LogP contribution is 2.43. The molecule has 40 heavy (non-hydrogen) atoms. The number of rotatable bonds is 8. The fraction of sp³-hybridized carbons (Fsp3) is 0.333. The van der Waals surface area contributed by atoms with Crippen LogP contribution in [0.2, 0.25) is 0 Å². The molecule has 0 aliphatic carbocycles. The second-order valence-corrected chi connectivity index (χ2v) is 9.20. The normalized spacial score (nSPS) is 17.6. The number of carbonyl (C=O) groups excluding carboxylic acids is 1. The van der Waals surface area contributed by atoms with Crippen molar-refractivity contribution in [1.82, 2.24) is 20.6 Å². The molecule has 210 valence electrons. The van der Waals surface area contributed by atoms with E-state index in [2.05, 4.69) is 20.6 Å². The van der Waals surface area contributed by atoms with Crippen molar-refractivity contribution in [3.63, 3.8) is 0 Å². The first-order chi connectivity index (χ1) is 19.2. The first-order valence-corrected chi connectivity index (χ1v) is 12.5. The van der Waals surface area contributed by atoms with E-state index in [4.69, 9.17) is 18.5 Å². The molecule has 0 saturated heterocycles. The molecule has 2 aromatic carbocycles. The third kappa shape index (κ3) is 5.42. The quantitative estimate of drug-likeness (QED) is 0.294. The van der Waals surface area contributed by atoms with Crippen molar-refractivity contribution in [2.45, 2.75) is 32.2 Å². The molecule has 5 rings (SSSR count). The monoisotopic (exact) mass is 558 g/mol. The number of aliphatic hydroxyl groups is 1. The van der Waals surface area contributed by atoms with E-state index in [1.807, 2.05) is 0 Å². The van der Waals surface area contributed by atoms with Crippen molar-refractivity contribution in [1.29, 1.82) is 0 Å². The van der Waals surface area contributed by atoms with E-state index in [0.29, 0.717) is 16.9 Å². The van der Waals surface area contributed by atoms with Gasteiger partial charge >= 0.3 is 12.1 Å². The van der Waals surface area contributed by atoms with Gasteiger partial charge in [0.25, 0.3) is 5.89 Å². The number of alkyl halides is 3. The molecule has 0 saturated carbocycles. The molecule has 10 nitrogen and oxygen atoms in total. The minimum absolute atomic E-state index is 0.00909. The van der Waals surface area contributed by atoms with Gasteiger partial charge in [0.15, 0.2) is 0 Å². The minimum atomic E-state index is -4.80. The zero-order valence-electron chi connectivity index (χ0n) is 21.4. The third-order valence-corrected chi connectivity index (χ3v) is 6.41. The van der Waals surface area contributed by atoms with Crippen LogP contribution in [0.5, 0.6) is 5.75 Å². The fourth-order valence-electron chi connectivity index (χ4n) is 4.32. The molecular formula is C27H25F3N4O6. The Morgan fingerprint density at radius 2 is 1.93 bits per heavy atom. The van der Waals surface area contributed by atoms with Gasteiger partial charge in [0.1, 0.15) is 29.7 Å². The molecule has 0 fully saturated rings. The summed E-state index contributed by atoms with van der Waals surface area (Å²) in [5, 5.41) is 21.4. The lowest BCUT2D eigenvalue weighted by Gasteiger charge is -2.31. The SMILES string of the molecule is CCOC(=O)C(C)CNC1COc2cc(-c3noc(-c4onc(-c5ccccc5)c4C(F)(F)F)n3)ccc2C1O. The average Bonchev–Trinajstić information content (AvgIpc) is 3.61. The van der Waals surface area contributed by atoms with E-state index >= 15 is 0 Å². The van der Waals surface area contributed by atoms with Crippen LogP contribution in [0, 0.1) is 5.92 Å². The van der Waals surface area contributed by atoms with Crippen molar-refractivity contribution >= 4 is 5.97 Å². The summed E-state index contributed by atoms with van der Waals surface area (Å²) in [7, 11) is 0. The lowest BCUT2D eigenvalue weighted by Crippen LogP contribution is -2.45. The Labute approximate surface area is 226 Å².